The Morgan fingerprint density at radius 1 is 1.30 bits per heavy atom. The summed E-state index contributed by atoms with van der Waals surface area (Å²) in [6.45, 7) is 5.50. The van der Waals surface area contributed by atoms with E-state index in [0.29, 0.717) is 34.1 Å². The Bertz CT molecular complexity index is 1060. The molecule has 3 rings (SSSR count). The van der Waals surface area contributed by atoms with Gasteiger partial charge < -0.3 is 5.32 Å². The summed E-state index contributed by atoms with van der Waals surface area (Å²) in [5.74, 6) is -0.276. The zero-order valence-electron chi connectivity index (χ0n) is 16.7. The number of anilines is 1. The molecule has 0 fully saturated rings. The highest BCUT2D eigenvalue weighted by atomic mass is 35.5. The molecule has 0 bridgehead atoms. The number of benzene rings is 1. The van der Waals surface area contributed by atoms with Crippen LogP contribution in [0.2, 0.25) is 5.02 Å². The van der Waals surface area contributed by atoms with Gasteiger partial charge in [-0.2, -0.15) is 23.4 Å². The lowest BCUT2D eigenvalue weighted by Crippen LogP contribution is -2.26. The molecule has 1 aromatic carbocycles. The maximum Gasteiger partial charge on any atom is 0.416 e. The van der Waals surface area contributed by atoms with Crippen molar-refractivity contribution >= 4 is 23.2 Å². The highest BCUT2D eigenvalue weighted by molar-refractivity contribution is 6.30. The van der Waals surface area contributed by atoms with E-state index in [0.717, 1.165) is 12.1 Å². The summed E-state index contributed by atoms with van der Waals surface area (Å²) in [5, 5.41) is 11.8. The number of alkyl halides is 3. The first-order valence-corrected chi connectivity index (χ1v) is 9.68. The second-order valence-electron chi connectivity index (χ2n) is 6.95. The van der Waals surface area contributed by atoms with E-state index < -0.39 is 17.8 Å². The molecule has 1 unspecified atom stereocenters. The number of hydrogen-bond acceptors (Lipinski definition) is 3. The monoisotopic (exact) mass is 439 g/mol. The molecule has 0 saturated heterocycles. The minimum atomic E-state index is -4.41. The van der Waals surface area contributed by atoms with Crippen molar-refractivity contribution in [1.82, 2.24) is 19.6 Å². The second-order valence-corrected chi connectivity index (χ2v) is 7.39. The van der Waals surface area contributed by atoms with Gasteiger partial charge in [-0.15, -0.1) is 0 Å². The Labute approximate surface area is 176 Å². The van der Waals surface area contributed by atoms with Gasteiger partial charge in [0.1, 0.15) is 6.04 Å². The number of amides is 1. The van der Waals surface area contributed by atoms with Crippen molar-refractivity contribution in [3.05, 3.63) is 64.2 Å². The van der Waals surface area contributed by atoms with Crippen LogP contribution in [0.1, 0.15) is 41.9 Å². The van der Waals surface area contributed by atoms with Crippen molar-refractivity contribution in [3.63, 3.8) is 0 Å². The van der Waals surface area contributed by atoms with Crippen LogP contribution in [-0.4, -0.2) is 25.5 Å². The summed E-state index contributed by atoms with van der Waals surface area (Å²) in [5.41, 5.74) is 1.50. The number of nitrogens with one attached hydrogen (secondary N) is 1. The van der Waals surface area contributed by atoms with E-state index in [1.54, 1.807) is 30.8 Å². The van der Waals surface area contributed by atoms with Crippen molar-refractivity contribution < 1.29 is 18.0 Å². The van der Waals surface area contributed by atoms with Crippen molar-refractivity contribution in [2.24, 2.45) is 0 Å². The molecular weight excluding hydrogens is 419 g/mol. The van der Waals surface area contributed by atoms with E-state index in [9.17, 15) is 18.0 Å². The summed E-state index contributed by atoms with van der Waals surface area (Å²) in [6, 6.07) is 4.56. The first-order chi connectivity index (χ1) is 14.1. The van der Waals surface area contributed by atoms with Gasteiger partial charge in [-0.1, -0.05) is 30.7 Å². The Morgan fingerprint density at radius 3 is 2.63 bits per heavy atom. The number of halogens is 4. The Balaban J connectivity index is 1.81. The molecule has 0 aliphatic rings. The zero-order valence-corrected chi connectivity index (χ0v) is 17.4. The van der Waals surface area contributed by atoms with Crippen LogP contribution in [0.4, 0.5) is 18.9 Å². The van der Waals surface area contributed by atoms with Crippen LogP contribution in [0.25, 0.3) is 0 Å². The fourth-order valence-corrected chi connectivity index (χ4v) is 3.38. The fourth-order valence-electron chi connectivity index (χ4n) is 3.24. The van der Waals surface area contributed by atoms with Gasteiger partial charge in [0.2, 0.25) is 5.91 Å². The largest absolute Gasteiger partial charge is 0.416 e. The number of carbonyl (C=O) groups is 1. The number of aryl methyl sites for hydroxylation is 1. The fraction of sp³-hybridized carbons (Fsp3) is 0.350. The van der Waals surface area contributed by atoms with Crippen LogP contribution >= 0.6 is 11.6 Å². The van der Waals surface area contributed by atoms with Gasteiger partial charge in [0, 0.05) is 6.20 Å². The molecule has 0 aliphatic heterocycles. The highest BCUT2D eigenvalue weighted by Gasteiger charge is 2.30. The van der Waals surface area contributed by atoms with Crippen LogP contribution in [0.3, 0.4) is 0 Å². The SMILES string of the molecule is CCC(C(=O)Nc1c(C)nn(Cc2cccc(C(F)(F)F)c2)c1C)n1cc(Cl)cn1. The van der Waals surface area contributed by atoms with E-state index in [1.807, 2.05) is 6.92 Å². The average molecular weight is 440 g/mol. The maximum atomic E-state index is 13.0. The lowest BCUT2D eigenvalue weighted by atomic mass is 10.1. The quantitative estimate of drug-likeness (QED) is 0.587. The number of aromatic nitrogens is 4. The summed E-state index contributed by atoms with van der Waals surface area (Å²) in [6.07, 6.45) is -0.873. The molecule has 2 heterocycles. The van der Waals surface area contributed by atoms with Crippen LogP contribution in [0.15, 0.2) is 36.7 Å². The van der Waals surface area contributed by atoms with Crippen molar-refractivity contribution in [2.45, 2.75) is 46.0 Å². The normalized spacial score (nSPS) is 12.8. The van der Waals surface area contributed by atoms with E-state index >= 15 is 0 Å². The van der Waals surface area contributed by atoms with E-state index in [-0.39, 0.29) is 12.5 Å². The first-order valence-electron chi connectivity index (χ1n) is 9.30. The molecule has 0 saturated carbocycles. The van der Waals surface area contributed by atoms with Crippen LogP contribution in [0, 0.1) is 13.8 Å². The van der Waals surface area contributed by atoms with Crippen molar-refractivity contribution in [1.29, 1.82) is 0 Å². The molecular formula is C20H21ClF3N5O. The predicted molar refractivity (Wildman–Crippen MR) is 107 cm³/mol. The van der Waals surface area contributed by atoms with Gasteiger partial charge in [-0.3, -0.25) is 14.2 Å². The Kier molecular flexibility index (Phi) is 6.21. The smallest absolute Gasteiger partial charge is 0.321 e. The third kappa shape index (κ3) is 4.67. The van der Waals surface area contributed by atoms with E-state index in [1.165, 1.54) is 16.9 Å². The molecule has 30 heavy (non-hydrogen) atoms. The molecule has 1 atom stereocenters. The zero-order chi connectivity index (χ0) is 22.1. The molecule has 1 N–H and O–H groups in total. The maximum absolute atomic E-state index is 13.0. The third-order valence-electron chi connectivity index (χ3n) is 4.80. The number of nitrogens with zero attached hydrogens (tertiary/aromatic N) is 4. The topological polar surface area (TPSA) is 64.7 Å². The van der Waals surface area contributed by atoms with Gasteiger partial charge in [0.05, 0.1) is 40.4 Å². The molecule has 1 amide bonds. The predicted octanol–water partition coefficient (Wildman–Crippen LogP) is 5.01. The van der Waals surface area contributed by atoms with E-state index in [2.05, 4.69) is 15.5 Å². The van der Waals surface area contributed by atoms with Crippen LogP contribution < -0.4 is 5.32 Å². The Hall–Kier alpha value is -2.81. The third-order valence-corrected chi connectivity index (χ3v) is 4.99. The molecule has 0 spiro atoms. The Morgan fingerprint density at radius 2 is 2.03 bits per heavy atom. The first kappa shape index (κ1) is 21.9. The van der Waals surface area contributed by atoms with Crippen molar-refractivity contribution in [3.8, 4) is 0 Å². The highest BCUT2D eigenvalue weighted by Crippen LogP contribution is 2.30. The molecule has 160 valence electrons. The second kappa shape index (κ2) is 8.51. The van der Waals surface area contributed by atoms with E-state index in [4.69, 9.17) is 11.6 Å². The standard InChI is InChI=1S/C20H21ClF3N5O/c1-4-17(29-11-16(21)9-25-29)19(30)26-18-12(2)27-28(13(18)3)10-14-6-5-7-15(8-14)20(22,23)24/h5-9,11,17H,4,10H2,1-3H3,(H,26,30). The summed E-state index contributed by atoms with van der Waals surface area (Å²) in [7, 11) is 0. The lowest BCUT2D eigenvalue weighted by Gasteiger charge is -2.16. The van der Waals surface area contributed by atoms with Crippen molar-refractivity contribution in [2.75, 3.05) is 5.32 Å². The van der Waals surface area contributed by atoms with Gasteiger partial charge in [-0.05, 0) is 38.0 Å². The number of carbonyl (C=O) groups excluding carboxylic acids is 1. The lowest BCUT2D eigenvalue weighted by molar-refractivity contribution is -0.137. The minimum Gasteiger partial charge on any atom is -0.321 e. The molecule has 10 heteroatoms. The molecule has 2 aromatic heterocycles. The molecule has 6 nitrogen and oxygen atoms in total. The van der Waals surface area contributed by atoms with Gasteiger partial charge in [0.25, 0.3) is 0 Å². The summed E-state index contributed by atoms with van der Waals surface area (Å²) >= 11 is 5.90. The van der Waals surface area contributed by atoms with Gasteiger partial charge in [0.15, 0.2) is 0 Å². The molecule has 3 aromatic rings. The van der Waals surface area contributed by atoms with Gasteiger partial charge >= 0.3 is 6.18 Å². The molecule has 0 aliphatic carbocycles. The number of hydrogen-bond donors (Lipinski definition) is 1. The number of rotatable bonds is 6. The summed E-state index contributed by atoms with van der Waals surface area (Å²) < 4.78 is 42.0. The molecule has 0 radical (unpaired) electrons. The van der Waals surface area contributed by atoms with Crippen LogP contribution in [0.5, 0.6) is 0 Å². The van der Waals surface area contributed by atoms with Crippen LogP contribution in [-0.2, 0) is 17.5 Å². The average Bonchev–Trinajstić information content (AvgIpc) is 3.20. The summed E-state index contributed by atoms with van der Waals surface area (Å²) in [4.78, 5) is 12.8. The van der Waals surface area contributed by atoms with Gasteiger partial charge in [-0.25, -0.2) is 0 Å². The minimum absolute atomic E-state index is 0.151.